The van der Waals surface area contributed by atoms with Crippen LogP contribution in [-0.2, 0) is 6.54 Å². The molecule has 96 valence electrons. The Labute approximate surface area is 105 Å². The molecule has 1 aromatic carbocycles. The summed E-state index contributed by atoms with van der Waals surface area (Å²) in [6.07, 6.45) is 2.66. The second kappa shape index (κ2) is 4.96. The first-order chi connectivity index (χ1) is 8.81. The van der Waals surface area contributed by atoms with E-state index in [1.807, 2.05) is 18.2 Å². The minimum Gasteiger partial charge on any atom is -0.313 e. The van der Waals surface area contributed by atoms with Gasteiger partial charge in [-0.05, 0) is 30.5 Å². The summed E-state index contributed by atoms with van der Waals surface area (Å²) in [6, 6.07) is 6.75. The molecule has 1 aliphatic carbocycles. The molecule has 1 saturated carbocycles. The molecular weight excluding hydrogens is 228 g/mol. The van der Waals surface area contributed by atoms with Gasteiger partial charge in [0, 0.05) is 25.7 Å². The van der Waals surface area contributed by atoms with E-state index in [1.54, 1.807) is 0 Å². The maximum atomic E-state index is 11.1. The monoisotopic (exact) mass is 246 g/mol. The Bertz CT molecular complexity index is 582. The lowest BCUT2D eigenvalue weighted by molar-refractivity contribution is 0.609. The standard InChI is InChI=1S/C13H18N4O/c18-13-16-11-4-1-9(7-12(11)17-13)8-14-5-6-15-10-2-3-10/h1,4,7,10,14-15H,2-3,5-6,8H2,(H2,16,17,18). The summed E-state index contributed by atoms with van der Waals surface area (Å²) >= 11 is 0. The van der Waals surface area contributed by atoms with Crippen LogP contribution >= 0.6 is 0 Å². The molecule has 1 heterocycles. The number of rotatable bonds is 6. The molecule has 0 saturated heterocycles. The van der Waals surface area contributed by atoms with Crippen molar-refractivity contribution in [3.05, 3.63) is 34.2 Å². The van der Waals surface area contributed by atoms with Gasteiger partial charge in [0.15, 0.2) is 0 Å². The average Bonchev–Trinajstić information content (AvgIpc) is 3.09. The second-order valence-electron chi connectivity index (χ2n) is 4.86. The largest absolute Gasteiger partial charge is 0.323 e. The Hall–Kier alpha value is -1.59. The van der Waals surface area contributed by atoms with E-state index in [0.29, 0.717) is 0 Å². The van der Waals surface area contributed by atoms with Gasteiger partial charge in [-0.15, -0.1) is 0 Å². The molecule has 5 nitrogen and oxygen atoms in total. The highest BCUT2D eigenvalue weighted by Gasteiger charge is 2.19. The quantitative estimate of drug-likeness (QED) is 0.567. The van der Waals surface area contributed by atoms with Crippen LogP contribution < -0.4 is 16.3 Å². The summed E-state index contributed by atoms with van der Waals surface area (Å²) in [7, 11) is 0. The lowest BCUT2D eigenvalue weighted by Gasteiger charge is -2.05. The molecule has 0 spiro atoms. The number of hydrogen-bond donors (Lipinski definition) is 4. The van der Waals surface area contributed by atoms with Crippen LogP contribution in [0.3, 0.4) is 0 Å². The van der Waals surface area contributed by atoms with Crippen molar-refractivity contribution in [1.82, 2.24) is 20.6 Å². The van der Waals surface area contributed by atoms with Crippen LogP contribution in [0, 0.1) is 0 Å². The fraction of sp³-hybridized carbons (Fsp3) is 0.462. The van der Waals surface area contributed by atoms with E-state index in [4.69, 9.17) is 0 Å². The highest BCUT2D eigenvalue weighted by Crippen LogP contribution is 2.17. The first-order valence-corrected chi connectivity index (χ1v) is 6.46. The normalized spacial score (nSPS) is 15.3. The summed E-state index contributed by atoms with van der Waals surface area (Å²) < 4.78 is 0. The van der Waals surface area contributed by atoms with Crippen LogP contribution in [0.5, 0.6) is 0 Å². The summed E-state index contributed by atoms with van der Waals surface area (Å²) in [5.74, 6) is 0. The number of hydrogen-bond acceptors (Lipinski definition) is 3. The molecule has 3 rings (SSSR count). The van der Waals surface area contributed by atoms with E-state index in [9.17, 15) is 4.79 Å². The van der Waals surface area contributed by atoms with Crippen molar-refractivity contribution in [3.63, 3.8) is 0 Å². The molecule has 0 aliphatic heterocycles. The molecule has 5 heteroatoms. The minimum absolute atomic E-state index is 0.149. The molecule has 0 amide bonds. The zero-order valence-electron chi connectivity index (χ0n) is 10.3. The average molecular weight is 246 g/mol. The van der Waals surface area contributed by atoms with Crippen LogP contribution in [0.25, 0.3) is 11.0 Å². The lowest BCUT2D eigenvalue weighted by atomic mass is 10.2. The predicted molar refractivity (Wildman–Crippen MR) is 71.7 cm³/mol. The van der Waals surface area contributed by atoms with Gasteiger partial charge in [-0.25, -0.2) is 4.79 Å². The van der Waals surface area contributed by atoms with Crippen LogP contribution in [-0.4, -0.2) is 29.1 Å². The van der Waals surface area contributed by atoms with E-state index in [-0.39, 0.29) is 5.69 Å². The fourth-order valence-corrected chi connectivity index (χ4v) is 2.07. The van der Waals surface area contributed by atoms with Crippen LogP contribution in [0.15, 0.2) is 23.0 Å². The summed E-state index contributed by atoms with van der Waals surface area (Å²) in [4.78, 5) is 16.6. The molecule has 1 aromatic heterocycles. The van der Waals surface area contributed by atoms with E-state index in [1.165, 1.54) is 18.4 Å². The predicted octanol–water partition coefficient (Wildman–Crippen LogP) is 0.698. The van der Waals surface area contributed by atoms with Gasteiger partial charge in [0.2, 0.25) is 0 Å². The van der Waals surface area contributed by atoms with Crippen LogP contribution in [0.2, 0.25) is 0 Å². The van der Waals surface area contributed by atoms with Gasteiger partial charge in [0.1, 0.15) is 0 Å². The molecule has 0 atom stereocenters. The number of benzene rings is 1. The smallest absolute Gasteiger partial charge is 0.313 e. The minimum atomic E-state index is -0.149. The van der Waals surface area contributed by atoms with Crippen LogP contribution in [0.1, 0.15) is 18.4 Å². The van der Waals surface area contributed by atoms with Crippen molar-refractivity contribution in [2.24, 2.45) is 0 Å². The number of fused-ring (bicyclic) bond motifs is 1. The Morgan fingerprint density at radius 1 is 1.17 bits per heavy atom. The SMILES string of the molecule is O=c1[nH]c2ccc(CNCCNC3CC3)cc2[nH]1. The van der Waals surface area contributed by atoms with E-state index >= 15 is 0 Å². The number of imidazole rings is 1. The molecular formula is C13H18N4O. The highest BCUT2D eigenvalue weighted by atomic mass is 16.1. The number of H-pyrrole nitrogens is 2. The Morgan fingerprint density at radius 3 is 2.83 bits per heavy atom. The third-order valence-corrected chi connectivity index (χ3v) is 3.22. The third kappa shape index (κ3) is 2.80. The van der Waals surface area contributed by atoms with Gasteiger partial charge in [0.25, 0.3) is 0 Å². The first kappa shape index (κ1) is 11.5. The van der Waals surface area contributed by atoms with E-state index in [0.717, 1.165) is 36.7 Å². The molecule has 0 unspecified atom stereocenters. The van der Waals surface area contributed by atoms with Crippen molar-refractivity contribution >= 4 is 11.0 Å². The third-order valence-electron chi connectivity index (χ3n) is 3.22. The van der Waals surface area contributed by atoms with Gasteiger partial charge in [-0.1, -0.05) is 6.07 Å². The molecule has 2 aromatic rings. The zero-order valence-corrected chi connectivity index (χ0v) is 10.3. The molecule has 1 fully saturated rings. The first-order valence-electron chi connectivity index (χ1n) is 6.46. The molecule has 0 radical (unpaired) electrons. The van der Waals surface area contributed by atoms with Gasteiger partial charge in [-0.2, -0.15) is 0 Å². The topological polar surface area (TPSA) is 72.7 Å². The Kier molecular flexibility index (Phi) is 3.17. The molecule has 4 N–H and O–H groups in total. The maximum Gasteiger partial charge on any atom is 0.323 e. The van der Waals surface area contributed by atoms with Gasteiger partial charge in [-0.3, -0.25) is 0 Å². The summed E-state index contributed by atoms with van der Waals surface area (Å²) in [6.45, 7) is 2.82. The van der Waals surface area contributed by atoms with Gasteiger partial charge < -0.3 is 20.6 Å². The molecule has 1 aliphatic rings. The number of nitrogens with one attached hydrogen (secondary N) is 4. The van der Waals surface area contributed by atoms with E-state index < -0.39 is 0 Å². The van der Waals surface area contributed by atoms with Crippen LogP contribution in [0.4, 0.5) is 0 Å². The zero-order chi connectivity index (χ0) is 12.4. The van der Waals surface area contributed by atoms with Crippen molar-refractivity contribution in [2.45, 2.75) is 25.4 Å². The van der Waals surface area contributed by atoms with Gasteiger partial charge >= 0.3 is 5.69 Å². The molecule has 0 bridgehead atoms. The Balaban J connectivity index is 1.51. The Morgan fingerprint density at radius 2 is 2.00 bits per heavy atom. The van der Waals surface area contributed by atoms with Gasteiger partial charge in [0.05, 0.1) is 11.0 Å². The summed E-state index contributed by atoms with van der Waals surface area (Å²) in [5, 5.41) is 6.85. The van der Waals surface area contributed by atoms with E-state index in [2.05, 4.69) is 20.6 Å². The van der Waals surface area contributed by atoms with Crippen molar-refractivity contribution in [2.75, 3.05) is 13.1 Å². The van der Waals surface area contributed by atoms with Crippen molar-refractivity contribution in [3.8, 4) is 0 Å². The second-order valence-corrected chi connectivity index (χ2v) is 4.86. The fourth-order valence-electron chi connectivity index (χ4n) is 2.07. The number of aromatic nitrogens is 2. The van der Waals surface area contributed by atoms with Crippen molar-refractivity contribution in [1.29, 1.82) is 0 Å². The number of aromatic amines is 2. The summed E-state index contributed by atoms with van der Waals surface area (Å²) in [5.41, 5.74) is 2.77. The van der Waals surface area contributed by atoms with Crippen molar-refractivity contribution < 1.29 is 0 Å². The highest BCUT2D eigenvalue weighted by molar-refractivity contribution is 5.74. The molecule has 18 heavy (non-hydrogen) atoms. The lowest BCUT2D eigenvalue weighted by Crippen LogP contribution is -2.28. The maximum absolute atomic E-state index is 11.1.